The third-order valence-corrected chi connectivity index (χ3v) is 3.89. The molecule has 1 aliphatic rings. The molecule has 0 radical (unpaired) electrons. The molecule has 1 aliphatic heterocycles. The number of hydrogen-bond donors (Lipinski definition) is 0. The molecule has 0 spiro atoms. The van der Waals surface area contributed by atoms with Gasteiger partial charge in [-0.15, -0.1) is 0 Å². The van der Waals surface area contributed by atoms with Crippen LogP contribution < -0.4 is 4.90 Å². The number of nitrogens with zero attached hydrogens (tertiary/aromatic N) is 4. The molecule has 0 bridgehead atoms. The fourth-order valence-electron chi connectivity index (χ4n) is 2.76. The van der Waals surface area contributed by atoms with Crippen molar-refractivity contribution >= 4 is 11.4 Å². The third-order valence-electron chi connectivity index (χ3n) is 3.89. The Labute approximate surface area is 121 Å². The number of piperidine rings is 1. The molecule has 1 aromatic carbocycles. The van der Waals surface area contributed by atoms with Crippen LogP contribution in [0.15, 0.2) is 36.9 Å². The van der Waals surface area contributed by atoms with Gasteiger partial charge in [0.15, 0.2) is 5.82 Å². The Hall–Kier alpha value is -2.44. The molecule has 3 rings (SSSR count). The van der Waals surface area contributed by atoms with Crippen LogP contribution in [0.5, 0.6) is 0 Å². The van der Waals surface area contributed by atoms with Gasteiger partial charge in [0.25, 0.3) is 5.69 Å². The maximum absolute atomic E-state index is 14.0. The number of nitro benzene ring substituents is 1. The smallest absolute Gasteiger partial charge is 0.272 e. The van der Waals surface area contributed by atoms with Gasteiger partial charge in [0.05, 0.1) is 23.0 Å². The zero-order valence-corrected chi connectivity index (χ0v) is 11.4. The van der Waals surface area contributed by atoms with Gasteiger partial charge in [-0.05, 0) is 18.9 Å². The minimum atomic E-state index is -0.585. The summed E-state index contributed by atoms with van der Waals surface area (Å²) < 4.78 is 16.1. The number of imidazole rings is 1. The summed E-state index contributed by atoms with van der Waals surface area (Å²) in [6, 6.07) is 4.20. The van der Waals surface area contributed by atoms with E-state index >= 15 is 0 Å². The zero-order chi connectivity index (χ0) is 14.8. The van der Waals surface area contributed by atoms with Crippen molar-refractivity contribution in [1.82, 2.24) is 9.55 Å². The molecule has 2 heterocycles. The van der Waals surface area contributed by atoms with E-state index < -0.39 is 10.7 Å². The molecule has 0 saturated carbocycles. The first kappa shape index (κ1) is 13.5. The highest BCUT2D eigenvalue weighted by atomic mass is 19.1. The molecular formula is C14H15FN4O2. The van der Waals surface area contributed by atoms with Gasteiger partial charge in [-0.1, -0.05) is 0 Å². The van der Waals surface area contributed by atoms with Crippen LogP contribution in [0.1, 0.15) is 18.9 Å². The van der Waals surface area contributed by atoms with E-state index in [2.05, 4.69) is 9.55 Å². The number of benzene rings is 1. The number of aromatic nitrogens is 2. The Morgan fingerprint density at radius 2 is 2.10 bits per heavy atom. The average Bonchev–Trinajstić information content (AvgIpc) is 3.01. The number of non-ortho nitro benzene ring substituents is 1. The van der Waals surface area contributed by atoms with Crippen LogP contribution in [-0.4, -0.2) is 27.6 Å². The third kappa shape index (κ3) is 2.72. The topological polar surface area (TPSA) is 64.2 Å². The van der Waals surface area contributed by atoms with E-state index in [9.17, 15) is 14.5 Å². The average molecular weight is 290 g/mol. The van der Waals surface area contributed by atoms with E-state index in [0.717, 1.165) is 32.0 Å². The largest absolute Gasteiger partial charge is 0.369 e. The predicted molar refractivity (Wildman–Crippen MR) is 75.8 cm³/mol. The van der Waals surface area contributed by atoms with Crippen LogP contribution in [0.2, 0.25) is 0 Å². The van der Waals surface area contributed by atoms with Gasteiger partial charge < -0.3 is 9.47 Å². The first-order chi connectivity index (χ1) is 10.1. The van der Waals surface area contributed by atoms with E-state index in [1.165, 1.54) is 12.1 Å². The number of nitro groups is 1. The van der Waals surface area contributed by atoms with Crippen molar-refractivity contribution in [2.75, 3.05) is 18.0 Å². The molecule has 0 unspecified atom stereocenters. The lowest BCUT2D eigenvalue weighted by molar-refractivity contribution is -0.385. The summed E-state index contributed by atoms with van der Waals surface area (Å²) in [6.07, 6.45) is 7.28. The van der Waals surface area contributed by atoms with Crippen molar-refractivity contribution in [1.29, 1.82) is 0 Å². The summed E-state index contributed by atoms with van der Waals surface area (Å²) in [5, 5.41) is 10.6. The van der Waals surface area contributed by atoms with Crippen molar-refractivity contribution < 1.29 is 9.31 Å². The Bertz CT molecular complexity index is 636. The van der Waals surface area contributed by atoms with Crippen LogP contribution in [0.4, 0.5) is 15.8 Å². The number of hydrogen-bond acceptors (Lipinski definition) is 4. The molecule has 1 saturated heterocycles. The van der Waals surface area contributed by atoms with Crippen LogP contribution in [0, 0.1) is 15.9 Å². The Morgan fingerprint density at radius 3 is 2.67 bits per heavy atom. The molecule has 6 nitrogen and oxygen atoms in total. The number of anilines is 1. The first-order valence-corrected chi connectivity index (χ1v) is 6.81. The van der Waals surface area contributed by atoms with Crippen molar-refractivity contribution in [3.63, 3.8) is 0 Å². The monoisotopic (exact) mass is 290 g/mol. The van der Waals surface area contributed by atoms with Gasteiger partial charge in [-0.25, -0.2) is 9.37 Å². The minimum Gasteiger partial charge on any atom is -0.369 e. The minimum absolute atomic E-state index is 0.218. The molecule has 0 N–H and O–H groups in total. The molecule has 110 valence electrons. The van der Waals surface area contributed by atoms with Gasteiger partial charge in [-0.2, -0.15) is 0 Å². The standard InChI is InChI=1S/C14H15FN4O2/c15-13-9-12(19(20)21)1-2-14(13)17-6-3-11(4-7-17)18-8-5-16-10-18/h1-2,5,8-11H,3-4,6-7H2. The SMILES string of the molecule is O=[N+]([O-])c1ccc(N2CCC(n3ccnc3)CC2)c(F)c1. The van der Waals surface area contributed by atoms with Crippen molar-refractivity contribution in [2.24, 2.45) is 0 Å². The Kier molecular flexibility index (Phi) is 3.55. The van der Waals surface area contributed by atoms with Crippen molar-refractivity contribution in [3.05, 3.63) is 52.9 Å². The lowest BCUT2D eigenvalue weighted by atomic mass is 10.0. The lowest BCUT2D eigenvalue weighted by Crippen LogP contribution is -2.34. The van der Waals surface area contributed by atoms with E-state index in [-0.39, 0.29) is 5.69 Å². The van der Waals surface area contributed by atoms with Gasteiger partial charge in [0, 0.05) is 37.6 Å². The second-order valence-electron chi connectivity index (χ2n) is 5.12. The van der Waals surface area contributed by atoms with Crippen molar-refractivity contribution in [2.45, 2.75) is 18.9 Å². The fraction of sp³-hybridized carbons (Fsp3) is 0.357. The van der Waals surface area contributed by atoms with Crippen LogP contribution in [-0.2, 0) is 0 Å². The summed E-state index contributed by atoms with van der Waals surface area (Å²) in [6.45, 7) is 1.44. The van der Waals surface area contributed by atoms with E-state index in [4.69, 9.17) is 0 Å². The normalized spacial score (nSPS) is 16.1. The summed E-state index contributed by atoms with van der Waals surface area (Å²) in [5.41, 5.74) is 0.217. The lowest BCUT2D eigenvalue weighted by Gasteiger charge is -2.34. The molecular weight excluding hydrogens is 275 g/mol. The summed E-state index contributed by atoms with van der Waals surface area (Å²) in [7, 11) is 0. The Balaban J connectivity index is 1.71. The van der Waals surface area contributed by atoms with Crippen LogP contribution in [0.25, 0.3) is 0 Å². The maximum Gasteiger partial charge on any atom is 0.272 e. The van der Waals surface area contributed by atoms with Crippen LogP contribution in [0.3, 0.4) is 0 Å². The summed E-state index contributed by atoms with van der Waals surface area (Å²) in [4.78, 5) is 16.0. The summed E-state index contributed by atoms with van der Waals surface area (Å²) in [5.74, 6) is -0.537. The fourth-order valence-corrected chi connectivity index (χ4v) is 2.76. The van der Waals surface area contributed by atoms with Gasteiger partial charge in [0.1, 0.15) is 0 Å². The van der Waals surface area contributed by atoms with E-state index in [1.54, 1.807) is 12.5 Å². The second-order valence-corrected chi connectivity index (χ2v) is 5.12. The molecule has 0 aliphatic carbocycles. The number of halogens is 1. The molecule has 7 heteroatoms. The molecule has 1 fully saturated rings. The predicted octanol–water partition coefficient (Wildman–Crippen LogP) is 2.77. The Morgan fingerprint density at radius 1 is 1.33 bits per heavy atom. The van der Waals surface area contributed by atoms with Crippen molar-refractivity contribution in [3.8, 4) is 0 Å². The molecule has 0 amide bonds. The molecule has 1 aromatic heterocycles. The van der Waals surface area contributed by atoms with Gasteiger partial charge in [0.2, 0.25) is 0 Å². The van der Waals surface area contributed by atoms with Crippen LogP contribution >= 0.6 is 0 Å². The molecule has 21 heavy (non-hydrogen) atoms. The van der Waals surface area contributed by atoms with E-state index in [0.29, 0.717) is 11.7 Å². The quantitative estimate of drug-likeness (QED) is 0.644. The molecule has 2 aromatic rings. The highest BCUT2D eigenvalue weighted by Gasteiger charge is 2.23. The zero-order valence-electron chi connectivity index (χ0n) is 11.4. The summed E-state index contributed by atoms with van der Waals surface area (Å²) >= 11 is 0. The molecule has 0 atom stereocenters. The number of rotatable bonds is 3. The van der Waals surface area contributed by atoms with E-state index in [1.807, 2.05) is 11.1 Å². The maximum atomic E-state index is 14.0. The first-order valence-electron chi connectivity index (χ1n) is 6.81. The highest BCUT2D eigenvalue weighted by molar-refractivity contribution is 5.52. The second kappa shape index (κ2) is 5.51. The van der Waals surface area contributed by atoms with Gasteiger partial charge in [-0.3, -0.25) is 10.1 Å². The van der Waals surface area contributed by atoms with Gasteiger partial charge >= 0.3 is 0 Å². The highest BCUT2D eigenvalue weighted by Crippen LogP contribution is 2.29.